The van der Waals surface area contributed by atoms with Crippen molar-refractivity contribution in [2.24, 2.45) is 16.5 Å². The van der Waals surface area contributed by atoms with Crippen molar-refractivity contribution in [2.75, 3.05) is 11.9 Å². The summed E-state index contributed by atoms with van der Waals surface area (Å²) in [4.78, 5) is 81.1. The predicted octanol–water partition coefficient (Wildman–Crippen LogP) is 2.92. The number of rotatable bonds is 16. The van der Waals surface area contributed by atoms with Crippen molar-refractivity contribution in [3.8, 4) is 0 Å². The smallest absolute Gasteiger partial charge is 0.408 e. The lowest BCUT2D eigenvalue weighted by molar-refractivity contribution is -0.145. The summed E-state index contributed by atoms with van der Waals surface area (Å²) >= 11 is 0. The molecule has 1 aromatic heterocycles. The molecule has 17 heteroatoms. The fourth-order valence-electron chi connectivity index (χ4n) is 4.87. The SMILES string of the molecule is Cc1cc(=O)oc2cc(NC(=O)[C@H](CCCN=C(N)N)NC(=O)[C@H](C)NC(=O)[C@H](CCC(=O)OCc3ccccc3)NC(=O)OC(C)(C)C)ccc12.Cl. The minimum absolute atomic E-state index is 0. The van der Waals surface area contributed by atoms with E-state index in [9.17, 15) is 28.8 Å². The maximum Gasteiger partial charge on any atom is 0.408 e. The van der Waals surface area contributed by atoms with Crippen LogP contribution in [-0.4, -0.2) is 66.0 Å². The second kappa shape index (κ2) is 20.4. The fourth-order valence-corrected chi connectivity index (χ4v) is 4.87. The van der Waals surface area contributed by atoms with Gasteiger partial charge in [0.25, 0.3) is 0 Å². The highest BCUT2D eigenvalue weighted by Gasteiger charge is 2.29. The number of hydrogen-bond acceptors (Lipinski definition) is 10. The standard InChI is InChI=1S/C36H47N7O9.ClH/c1-21-18-30(45)51-28-19-24(13-14-25(21)28)41-33(48)26(12-9-17-39-34(37)38)42-31(46)22(2)40-32(47)27(43-35(49)52-36(3,4)5)15-16-29(44)50-20-23-10-7-6-8-11-23;/h6-8,10-11,13-14,18-19,22,26-27H,9,12,15-17,20H2,1-5H3,(H,40,47)(H,41,48)(H,42,46)(H,43,49)(H4,37,38,39);1H/t22-,26-,27-;/m0./s1. The number of halogens is 1. The Hall–Kier alpha value is -5.64. The molecule has 0 aliphatic rings. The highest BCUT2D eigenvalue weighted by Crippen LogP contribution is 2.21. The van der Waals surface area contributed by atoms with E-state index in [1.807, 2.05) is 6.07 Å². The predicted molar refractivity (Wildman–Crippen MR) is 201 cm³/mol. The van der Waals surface area contributed by atoms with Crippen molar-refractivity contribution in [1.82, 2.24) is 16.0 Å². The first-order valence-corrected chi connectivity index (χ1v) is 16.7. The van der Waals surface area contributed by atoms with Crippen molar-refractivity contribution >= 4 is 64.8 Å². The summed E-state index contributed by atoms with van der Waals surface area (Å²) in [5, 5.41) is 11.0. The number of anilines is 1. The molecule has 0 saturated heterocycles. The summed E-state index contributed by atoms with van der Waals surface area (Å²) in [6.45, 7) is 8.32. The number of nitrogens with two attached hydrogens (primary N) is 2. The molecule has 16 nitrogen and oxygen atoms in total. The van der Waals surface area contributed by atoms with Gasteiger partial charge >= 0.3 is 17.7 Å². The quantitative estimate of drug-likeness (QED) is 0.0408. The van der Waals surface area contributed by atoms with Crippen molar-refractivity contribution in [3.63, 3.8) is 0 Å². The number of nitrogens with one attached hydrogen (secondary N) is 4. The zero-order valence-corrected chi connectivity index (χ0v) is 31.2. The van der Waals surface area contributed by atoms with E-state index in [4.69, 9.17) is 25.4 Å². The van der Waals surface area contributed by atoms with Gasteiger partial charge in [-0.1, -0.05) is 30.3 Å². The van der Waals surface area contributed by atoms with Crippen LogP contribution in [0.4, 0.5) is 10.5 Å². The van der Waals surface area contributed by atoms with Crippen LogP contribution >= 0.6 is 12.4 Å². The van der Waals surface area contributed by atoms with Crippen LogP contribution in [0.15, 0.2) is 68.8 Å². The Bertz CT molecular complexity index is 1820. The molecule has 3 aromatic rings. The monoisotopic (exact) mass is 757 g/mol. The molecule has 0 spiro atoms. The van der Waals surface area contributed by atoms with Gasteiger partial charge in [0.15, 0.2) is 5.96 Å². The zero-order chi connectivity index (χ0) is 38.4. The average Bonchev–Trinajstić information content (AvgIpc) is 3.06. The van der Waals surface area contributed by atoms with Crippen LogP contribution in [0, 0.1) is 6.92 Å². The Morgan fingerprint density at radius 2 is 1.57 bits per heavy atom. The molecule has 288 valence electrons. The van der Waals surface area contributed by atoms with Crippen LogP contribution in [0.3, 0.4) is 0 Å². The molecule has 3 atom stereocenters. The van der Waals surface area contributed by atoms with Gasteiger partial charge in [0.1, 0.15) is 35.9 Å². The lowest BCUT2D eigenvalue weighted by atomic mass is 10.1. The second-order valence-electron chi connectivity index (χ2n) is 13.1. The Morgan fingerprint density at radius 3 is 2.23 bits per heavy atom. The van der Waals surface area contributed by atoms with Crippen LogP contribution in [0.25, 0.3) is 11.0 Å². The molecular formula is C36H48ClN7O9. The first-order chi connectivity index (χ1) is 24.5. The third-order valence-corrected chi connectivity index (χ3v) is 7.44. The molecular weight excluding hydrogens is 710 g/mol. The maximum absolute atomic E-state index is 13.4. The van der Waals surface area contributed by atoms with E-state index in [0.717, 1.165) is 5.56 Å². The van der Waals surface area contributed by atoms with Crippen LogP contribution < -0.4 is 38.4 Å². The third-order valence-electron chi connectivity index (χ3n) is 7.44. The minimum Gasteiger partial charge on any atom is -0.461 e. The third kappa shape index (κ3) is 15.2. The van der Waals surface area contributed by atoms with Gasteiger partial charge in [-0.05, 0) is 77.1 Å². The van der Waals surface area contributed by atoms with E-state index < -0.39 is 59.1 Å². The molecule has 3 rings (SSSR count). The largest absolute Gasteiger partial charge is 0.461 e. The highest BCUT2D eigenvalue weighted by atomic mass is 35.5. The Morgan fingerprint density at radius 1 is 0.887 bits per heavy atom. The number of fused-ring (bicyclic) bond motifs is 1. The Labute approximate surface area is 313 Å². The average molecular weight is 758 g/mol. The molecule has 0 saturated carbocycles. The number of carbonyl (C=O) groups is 5. The minimum atomic E-state index is -1.27. The van der Waals surface area contributed by atoms with Crippen molar-refractivity contribution in [2.45, 2.75) is 90.6 Å². The topological polar surface area (TPSA) is 247 Å². The number of carbonyl (C=O) groups excluding carboxylic acids is 5. The first kappa shape index (κ1) is 43.5. The van der Waals surface area contributed by atoms with Gasteiger partial charge in [0.05, 0.1) is 0 Å². The maximum atomic E-state index is 13.4. The van der Waals surface area contributed by atoms with Crippen molar-refractivity contribution in [3.05, 3.63) is 76.1 Å². The number of ether oxygens (including phenoxy) is 2. The van der Waals surface area contributed by atoms with Gasteiger partial charge in [0, 0.05) is 36.2 Å². The lowest BCUT2D eigenvalue weighted by Gasteiger charge is -2.25. The van der Waals surface area contributed by atoms with E-state index in [1.165, 1.54) is 19.1 Å². The molecule has 8 N–H and O–H groups in total. The number of benzene rings is 2. The van der Waals surface area contributed by atoms with E-state index >= 15 is 0 Å². The van der Waals surface area contributed by atoms with Gasteiger partial charge in [-0.15, -0.1) is 12.4 Å². The molecule has 0 bridgehead atoms. The molecule has 0 fully saturated rings. The fraction of sp³-hybridized carbons (Fsp3) is 0.417. The Balaban J connectivity index is 0.00000972. The summed E-state index contributed by atoms with van der Waals surface area (Å²) in [6.07, 6.45) is -0.857. The summed E-state index contributed by atoms with van der Waals surface area (Å²) in [6, 6.07) is 11.6. The summed E-state index contributed by atoms with van der Waals surface area (Å²) in [5.41, 5.74) is 11.5. The molecule has 53 heavy (non-hydrogen) atoms. The van der Waals surface area contributed by atoms with E-state index in [1.54, 1.807) is 64.1 Å². The van der Waals surface area contributed by atoms with E-state index in [2.05, 4.69) is 26.3 Å². The van der Waals surface area contributed by atoms with E-state index in [0.29, 0.717) is 23.1 Å². The van der Waals surface area contributed by atoms with Gasteiger partial charge in [-0.25, -0.2) is 9.59 Å². The van der Waals surface area contributed by atoms with Crippen LogP contribution in [0.1, 0.15) is 64.5 Å². The molecule has 0 radical (unpaired) electrons. The number of nitrogens with zero attached hydrogens (tertiary/aromatic N) is 1. The molecule has 2 aromatic carbocycles. The Kier molecular flexibility index (Phi) is 16.8. The van der Waals surface area contributed by atoms with Gasteiger partial charge in [-0.3, -0.25) is 24.2 Å². The van der Waals surface area contributed by atoms with Gasteiger partial charge in [-0.2, -0.15) is 0 Å². The summed E-state index contributed by atoms with van der Waals surface area (Å²) in [5.74, 6) is -2.81. The number of hydrogen-bond donors (Lipinski definition) is 6. The normalized spacial score (nSPS) is 12.5. The van der Waals surface area contributed by atoms with Crippen molar-refractivity contribution in [1.29, 1.82) is 0 Å². The second-order valence-corrected chi connectivity index (χ2v) is 13.1. The van der Waals surface area contributed by atoms with Gasteiger partial charge < -0.3 is 46.6 Å². The number of alkyl carbamates (subject to hydrolysis) is 1. The van der Waals surface area contributed by atoms with E-state index in [-0.39, 0.29) is 56.4 Å². The zero-order valence-electron chi connectivity index (χ0n) is 30.4. The van der Waals surface area contributed by atoms with Crippen LogP contribution in [0.5, 0.6) is 0 Å². The molecule has 1 heterocycles. The van der Waals surface area contributed by atoms with Crippen LogP contribution in [0.2, 0.25) is 0 Å². The number of aliphatic imine (C=N–C) groups is 1. The first-order valence-electron chi connectivity index (χ1n) is 16.7. The van der Waals surface area contributed by atoms with Crippen molar-refractivity contribution < 1.29 is 37.9 Å². The van der Waals surface area contributed by atoms with Gasteiger partial charge in [0.2, 0.25) is 17.7 Å². The molecule has 0 aliphatic heterocycles. The van der Waals surface area contributed by atoms with Crippen LogP contribution in [-0.2, 0) is 35.3 Å². The molecule has 0 aliphatic carbocycles. The molecule has 0 unspecified atom stereocenters. The highest BCUT2D eigenvalue weighted by molar-refractivity contribution is 6.00. The lowest BCUT2D eigenvalue weighted by Crippen LogP contribution is -2.55. The number of esters is 1. The number of guanidine groups is 1. The molecule has 4 amide bonds. The number of amides is 4. The number of aryl methyl sites for hydroxylation is 1. The summed E-state index contributed by atoms with van der Waals surface area (Å²) in [7, 11) is 0. The summed E-state index contributed by atoms with van der Waals surface area (Å²) < 4.78 is 15.9.